The van der Waals surface area contributed by atoms with E-state index in [1.807, 2.05) is 13.8 Å². The first-order chi connectivity index (χ1) is 7.15. The monoisotopic (exact) mass is 249 g/mol. The molecule has 15 heavy (non-hydrogen) atoms. The number of aromatic nitrogens is 3. The molecule has 84 valence electrons. The van der Waals surface area contributed by atoms with Crippen molar-refractivity contribution < 1.29 is 9.84 Å². The van der Waals surface area contributed by atoms with Gasteiger partial charge in [0.1, 0.15) is 0 Å². The molecule has 1 rings (SSSR count). The molecule has 1 N–H and O–H groups in total. The molecule has 1 aromatic heterocycles. The van der Waals surface area contributed by atoms with Crippen LogP contribution in [0.1, 0.15) is 13.8 Å². The van der Waals surface area contributed by atoms with E-state index in [2.05, 4.69) is 15.0 Å². The third-order valence-corrected chi connectivity index (χ3v) is 2.52. The summed E-state index contributed by atoms with van der Waals surface area (Å²) in [6.07, 6.45) is 0. The van der Waals surface area contributed by atoms with E-state index in [1.54, 1.807) is 0 Å². The topological polar surface area (TPSA) is 68.1 Å². The lowest BCUT2D eigenvalue weighted by Crippen LogP contribution is -2.05. The molecule has 1 unspecified atom stereocenters. The molecule has 1 aromatic rings. The van der Waals surface area contributed by atoms with Gasteiger partial charge in [0, 0.05) is 5.25 Å². The molecule has 0 saturated heterocycles. The molecule has 0 bridgehead atoms. The molecule has 0 aliphatic carbocycles. The number of hydrogen-bond donors (Lipinski definition) is 1. The van der Waals surface area contributed by atoms with Crippen molar-refractivity contribution in [2.75, 3.05) is 13.2 Å². The third kappa shape index (κ3) is 4.19. The lowest BCUT2D eigenvalue weighted by molar-refractivity contribution is 0.299. The van der Waals surface area contributed by atoms with E-state index in [0.717, 1.165) is 0 Å². The lowest BCUT2D eigenvalue weighted by Gasteiger charge is -2.07. The average Bonchev–Trinajstić information content (AvgIpc) is 2.17. The van der Waals surface area contributed by atoms with Gasteiger partial charge < -0.3 is 9.84 Å². The fourth-order valence-corrected chi connectivity index (χ4v) is 1.69. The Morgan fingerprint density at radius 2 is 2.20 bits per heavy atom. The molecule has 0 aliphatic heterocycles. The molecule has 0 spiro atoms. The molecule has 1 heterocycles. The summed E-state index contributed by atoms with van der Waals surface area (Å²) in [4.78, 5) is 11.8. The Hall–Kier alpha value is -0.590. The standard InChI is InChI=1S/C8H12ClN3O2S/c1-3-14-7-10-6(9)11-8(12-7)15-5(2)4-13/h5,13H,3-4H2,1-2H3. The number of thioether (sulfide) groups is 1. The van der Waals surface area contributed by atoms with Crippen LogP contribution in [0.15, 0.2) is 5.16 Å². The zero-order valence-electron chi connectivity index (χ0n) is 8.47. The maximum Gasteiger partial charge on any atom is 0.321 e. The molecule has 5 nitrogen and oxygen atoms in total. The highest BCUT2D eigenvalue weighted by atomic mass is 35.5. The quantitative estimate of drug-likeness (QED) is 0.796. The highest BCUT2D eigenvalue weighted by Crippen LogP contribution is 2.21. The maximum absolute atomic E-state index is 8.88. The number of nitrogens with zero attached hydrogens (tertiary/aromatic N) is 3. The second kappa shape index (κ2) is 6.09. The van der Waals surface area contributed by atoms with E-state index in [4.69, 9.17) is 21.4 Å². The molecule has 0 radical (unpaired) electrons. The van der Waals surface area contributed by atoms with Crippen LogP contribution in [0.3, 0.4) is 0 Å². The van der Waals surface area contributed by atoms with Gasteiger partial charge in [-0.25, -0.2) is 0 Å². The Labute approximate surface area is 97.2 Å². The van der Waals surface area contributed by atoms with Crippen molar-refractivity contribution in [1.82, 2.24) is 15.0 Å². The lowest BCUT2D eigenvalue weighted by atomic mass is 10.5. The van der Waals surface area contributed by atoms with Crippen LogP contribution >= 0.6 is 23.4 Å². The number of rotatable bonds is 5. The summed E-state index contributed by atoms with van der Waals surface area (Å²) in [7, 11) is 0. The van der Waals surface area contributed by atoms with Crippen LogP contribution in [0, 0.1) is 0 Å². The van der Waals surface area contributed by atoms with Crippen LogP contribution < -0.4 is 4.74 Å². The summed E-state index contributed by atoms with van der Waals surface area (Å²) in [6.45, 7) is 4.22. The Bertz CT molecular complexity index is 327. The fourth-order valence-electron chi connectivity index (χ4n) is 0.778. The molecular formula is C8H12ClN3O2S. The maximum atomic E-state index is 8.88. The van der Waals surface area contributed by atoms with Gasteiger partial charge >= 0.3 is 6.01 Å². The van der Waals surface area contributed by atoms with Crippen molar-refractivity contribution in [3.05, 3.63) is 5.28 Å². The van der Waals surface area contributed by atoms with Crippen molar-refractivity contribution >= 4 is 23.4 Å². The smallest absolute Gasteiger partial charge is 0.321 e. The zero-order chi connectivity index (χ0) is 11.3. The first-order valence-electron chi connectivity index (χ1n) is 4.47. The Balaban J connectivity index is 2.78. The SMILES string of the molecule is CCOc1nc(Cl)nc(SC(C)CO)n1. The van der Waals surface area contributed by atoms with E-state index in [-0.39, 0.29) is 23.2 Å². The Kier molecular flexibility index (Phi) is 5.07. The Morgan fingerprint density at radius 1 is 1.47 bits per heavy atom. The largest absolute Gasteiger partial charge is 0.464 e. The number of halogens is 1. The predicted molar refractivity (Wildman–Crippen MR) is 58.4 cm³/mol. The van der Waals surface area contributed by atoms with E-state index < -0.39 is 0 Å². The van der Waals surface area contributed by atoms with Crippen molar-refractivity contribution in [3.8, 4) is 6.01 Å². The van der Waals surface area contributed by atoms with Gasteiger partial charge in [0.25, 0.3) is 0 Å². The van der Waals surface area contributed by atoms with Crippen molar-refractivity contribution in [1.29, 1.82) is 0 Å². The van der Waals surface area contributed by atoms with Gasteiger partial charge in [-0.3, -0.25) is 0 Å². The molecule has 0 saturated carbocycles. The molecule has 0 fully saturated rings. The zero-order valence-corrected chi connectivity index (χ0v) is 10.0. The van der Waals surface area contributed by atoms with Crippen LogP contribution in [0.2, 0.25) is 5.28 Å². The van der Waals surface area contributed by atoms with Crippen LogP contribution in [-0.4, -0.2) is 38.5 Å². The minimum Gasteiger partial charge on any atom is -0.464 e. The normalized spacial score (nSPS) is 12.5. The van der Waals surface area contributed by atoms with Crippen LogP contribution in [0.5, 0.6) is 6.01 Å². The second-order valence-corrected chi connectivity index (χ2v) is 4.46. The Morgan fingerprint density at radius 3 is 2.80 bits per heavy atom. The summed E-state index contributed by atoms with van der Waals surface area (Å²) < 4.78 is 5.12. The van der Waals surface area contributed by atoms with Gasteiger partial charge in [0.15, 0.2) is 5.16 Å². The third-order valence-electron chi connectivity index (χ3n) is 1.40. The molecule has 0 aromatic carbocycles. The second-order valence-electron chi connectivity index (χ2n) is 2.71. The predicted octanol–water partition coefficient (Wildman–Crippen LogP) is 1.40. The molecule has 0 amide bonds. The average molecular weight is 250 g/mol. The van der Waals surface area contributed by atoms with Crippen LogP contribution in [0.25, 0.3) is 0 Å². The highest BCUT2D eigenvalue weighted by Gasteiger charge is 2.09. The number of hydrogen-bond acceptors (Lipinski definition) is 6. The van der Waals surface area contributed by atoms with Crippen molar-refractivity contribution in [3.63, 3.8) is 0 Å². The van der Waals surface area contributed by atoms with Gasteiger partial charge in [0.2, 0.25) is 5.28 Å². The molecule has 0 aliphatic rings. The van der Waals surface area contributed by atoms with Crippen LogP contribution in [-0.2, 0) is 0 Å². The number of aliphatic hydroxyl groups is 1. The first kappa shape index (κ1) is 12.5. The molecule has 1 atom stereocenters. The van der Waals surface area contributed by atoms with Gasteiger partial charge in [-0.2, -0.15) is 15.0 Å². The summed E-state index contributed by atoms with van der Waals surface area (Å²) >= 11 is 7.02. The van der Waals surface area contributed by atoms with Gasteiger partial charge in [-0.15, -0.1) is 0 Å². The van der Waals surface area contributed by atoms with Gasteiger partial charge in [-0.1, -0.05) is 18.7 Å². The van der Waals surface area contributed by atoms with Gasteiger partial charge in [0.05, 0.1) is 13.2 Å². The first-order valence-corrected chi connectivity index (χ1v) is 5.73. The summed E-state index contributed by atoms with van der Waals surface area (Å²) in [5, 5.41) is 9.45. The van der Waals surface area contributed by atoms with Crippen LogP contribution in [0.4, 0.5) is 0 Å². The number of ether oxygens (including phenoxy) is 1. The van der Waals surface area contributed by atoms with E-state index in [1.165, 1.54) is 11.8 Å². The van der Waals surface area contributed by atoms with E-state index in [9.17, 15) is 0 Å². The minimum absolute atomic E-state index is 0.0120. The summed E-state index contributed by atoms with van der Waals surface area (Å²) in [5.41, 5.74) is 0. The minimum atomic E-state index is 0.0120. The highest BCUT2D eigenvalue weighted by molar-refractivity contribution is 7.99. The number of aliphatic hydroxyl groups excluding tert-OH is 1. The van der Waals surface area contributed by atoms with E-state index in [0.29, 0.717) is 11.8 Å². The van der Waals surface area contributed by atoms with Gasteiger partial charge in [-0.05, 0) is 18.5 Å². The fraction of sp³-hybridized carbons (Fsp3) is 0.625. The van der Waals surface area contributed by atoms with Crippen molar-refractivity contribution in [2.45, 2.75) is 24.3 Å². The molecular weight excluding hydrogens is 238 g/mol. The summed E-state index contributed by atoms with van der Waals surface area (Å²) in [6, 6.07) is 0.213. The molecule has 7 heteroatoms. The van der Waals surface area contributed by atoms with Crippen molar-refractivity contribution in [2.24, 2.45) is 0 Å². The van der Waals surface area contributed by atoms with E-state index >= 15 is 0 Å². The summed E-state index contributed by atoms with van der Waals surface area (Å²) in [5.74, 6) is 0.